The lowest BCUT2D eigenvalue weighted by atomic mass is 9.69. The van der Waals surface area contributed by atoms with Gasteiger partial charge in [-0.25, -0.2) is 0 Å². The molecule has 0 spiro atoms. The van der Waals surface area contributed by atoms with Gasteiger partial charge in [0.15, 0.2) is 0 Å². The average molecular weight is 298 g/mol. The largest absolute Gasteiger partial charge is 0.487 e. The van der Waals surface area contributed by atoms with Crippen molar-refractivity contribution in [1.82, 2.24) is 0 Å². The highest BCUT2D eigenvalue weighted by atomic mass is 16.7. The van der Waals surface area contributed by atoms with Crippen LogP contribution in [0.25, 0.3) is 5.57 Å². The van der Waals surface area contributed by atoms with Gasteiger partial charge in [0.2, 0.25) is 0 Å². The quantitative estimate of drug-likeness (QED) is 0.695. The van der Waals surface area contributed by atoms with Crippen LogP contribution in [0.3, 0.4) is 0 Å². The molecule has 2 nitrogen and oxygen atoms in total. The summed E-state index contributed by atoms with van der Waals surface area (Å²) in [5, 5.41) is 0. The number of hydrogen-bond acceptors (Lipinski definition) is 2. The number of fused-ring (bicyclic) bond motifs is 1. The molecule has 3 rings (SSSR count). The molecule has 1 heterocycles. The van der Waals surface area contributed by atoms with Gasteiger partial charge in [-0.05, 0) is 62.7 Å². The van der Waals surface area contributed by atoms with Crippen LogP contribution >= 0.6 is 0 Å². The maximum atomic E-state index is 6.14. The van der Waals surface area contributed by atoms with Crippen molar-refractivity contribution in [3.63, 3.8) is 0 Å². The van der Waals surface area contributed by atoms with Gasteiger partial charge in [-0.1, -0.05) is 44.1 Å². The number of hydrogen-bond donors (Lipinski definition) is 0. The fraction of sp³-hybridized carbons (Fsp3) is 0.579. The Kier molecular flexibility index (Phi) is 3.58. The molecule has 1 aliphatic carbocycles. The molecule has 118 valence electrons. The Morgan fingerprint density at radius 3 is 2.18 bits per heavy atom. The highest BCUT2D eigenvalue weighted by Crippen LogP contribution is 2.43. The van der Waals surface area contributed by atoms with E-state index >= 15 is 0 Å². The van der Waals surface area contributed by atoms with Gasteiger partial charge in [-0.15, -0.1) is 0 Å². The maximum absolute atomic E-state index is 6.14. The summed E-state index contributed by atoms with van der Waals surface area (Å²) < 4.78 is 12.3. The first-order valence-corrected chi connectivity index (χ1v) is 8.29. The van der Waals surface area contributed by atoms with Crippen LogP contribution in [0.5, 0.6) is 0 Å². The molecule has 3 heteroatoms. The van der Waals surface area contributed by atoms with Crippen molar-refractivity contribution in [2.45, 2.75) is 71.0 Å². The van der Waals surface area contributed by atoms with Crippen LogP contribution in [0, 0.1) is 0 Å². The Morgan fingerprint density at radius 2 is 1.55 bits per heavy atom. The van der Waals surface area contributed by atoms with Gasteiger partial charge in [0, 0.05) is 0 Å². The van der Waals surface area contributed by atoms with Crippen LogP contribution in [0.15, 0.2) is 30.2 Å². The second-order valence-corrected chi connectivity index (χ2v) is 8.25. The molecule has 0 amide bonds. The van der Waals surface area contributed by atoms with E-state index in [-0.39, 0.29) is 23.7 Å². The van der Waals surface area contributed by atoms with E-state index in [0.717, 1.165) is 12.8 Å². The van der Waals surface area contributed by atoms with E-state index in [4.69, 9.17) is 9.31 Å². The molecule has 1 aliphatic heterocycles. The second-order valence-electron chi connectivity index (χ2n) is 8.25. The van der Waals surface area contributed by atoms with Crippen molar-refractivity contribution in [2.24, 2.45) is 0 Å². The number of allylic oxidation sites excluding steroid dienone is 1. The number of benzene rings is 1. The summed E-state index contributed by atoms with van der Waals surface area (Å²) in [5.74, 6) is 2.19. The maximum Gasteiger partial charge on any atom is 0.487 e. The summed E-state index contributed by atoms with van der Waals surface area (Å²) in [6.45, 7) is 13.1. The Bertz CT molecular complexity index is 598. The lowest BCUT2D eigenvalue weighted by molar-refractivity contribution is 0.00578. The number of rotatable bonds is 1. The molecular formula is C19H27BO2. The first-order valence-electron chi connectivity index (χ1n) is 8.29. The van der Waals surface area contributed by atoms with Gasteiger partial charge in [0.05, 0.1) is 11.2 Å². The molecule has 0 aromatic heterocycles. The molecule has 0 atom stereocenters. The normalized spacial score (nSPS) is 27.0. The third kappa shape index (κ3) is 2.55. The van der Waals surface area contributed by atoms with Gasteiger partial charge in [0.1, 0.15) is 0 Å². The Morgan fingerprint density at radius 1 is 0.955 bits per heavy atom. The highest BCUT2D eigenvalue weighted by Gasteiger charge is 2.50. The summed E-state index contributed by atoms with van der Waals surface area (Å²) in [5.41, 5.74) is 3.83. The van der Waals surface area contributed by atoms with Gasteiger partial charge in [-0.2, -0.15) is 0 Å². The Hall–Kier alpha value is -1.06. The van der Waals surface area contributed by atoms with Crippen molar-refractivity contribution in [2.75, 3.05) is 0 Å². The first-order chi connectivity index (χ1) is 10.1. The van der Waals surface area contributed by atoms with Crippen molar-refractivity contribution < 1.29 is 9.31 Å². The molecule has 0 N–H and O–H groups in total. The third-order valence-corrected chi connectivity index (χ3v) is 5.63. The van der Waals surface area contributed by atoms with Crippen LogP contribution in [-0.4, -0.2) is 18.3 Å². The molecule has 2 aliphatic rings. The molecule has 1 aromatic rings. The standard InChI is InChI=1S/C19H27BO2/c1-17(2)12-11-14(15-9-7-8-10-16(15)17)13-20-21-18(3,4)19(5,6)22-20/h7-10,13H,11-12H2,1-6H3/b14-13-. The van der Waals surface area contributed by atoms with Crippen LogP contribution < -0.4 is 0 Å². The third-order valence-electron chi connectivity index (χ3n) is 5.63. The monoisotopic (exact) mass is 298 g/mol. The average Bonchev–Trinajstić information content (AvgIpc) is 2.61. The lowest BCUT2D eigenvalue weighted by Crippen LogP contribution is -2.41. The van der Waals surface area contributed by atoms with E-state index in [9.17, 15) is 0 Å². The van der Waals surface area contributed by atoms with Crippen LogP contribution in [0.1, 0.15) is 65.5 Å². The highest BCUT2D eigenvalue weighted by molar-refractivity contribution is 6.53. The zero-order chi connectivity index (χ0) is 16.2. The fourth-order valence-corrected chi connectivity index (χ4v) is 3.36. The van der Waals surface area contributed by atoms with Gasteiger partial charge < -0.3 is 9.31 Å². The van der Waals surface area contributed by atoms with Gasteiger partial charge in [-0.3, -0.25) is 0 Å². The minimum absolute atomic E-state index is 0.240. The topological polar surface area (TPSA) is 18.5 Å². The van der Waals surface area contributed by atoms with Crippen LogP contribution in [0.2, 0.25) is 0 Å². The fourth-order valence-electron chi connectivity index (χ4n) is 3.36. The molecule has 0 unspecified atom stereocenters. The second kappa shape index (κ2) is 4.97. The Labute approximate surface area is 135 Å². The molecule has 1 fully saturated rings. The van der Waals surface area contributed by atoms with E-state index in [1.54, 1.807) is 0 Å². The zero-order valence-electron chi connectivity index (χ0n) is 14.7. The van der Waals surface area contributed by atoms with E-state index in [1.807, 2.05) is 0 Å². The predicted octanol–water partition coefficient (Wildman–Crippen LogP) is 4.77. The minimum atomic E-state index is -0.276. The zero-order valence-corrected chi connectivity index (χ0v) is 14.7. The summed E-state index contributed by atoms with van der Waals surface area (Å²) in [7, 11) is -0.255. The molecule has 1 aromatic carbocycles. The van der Waals surface area contributed by atoms with Crippen LogP contribution in [0.4, 0.5) is 0 Å². The molecule has 22 heavy (non-hydrogen) atoms. The van der Waals surface area contributed by atoms with E-state index in [0.29, 0.717) is 0 Å². The predicted molar refractivity (Wildman–Crippen MR) is 92.8 cm³/mol. The molecule has 0 radical (unpaired) electrons. The van der Waals surface area contributed by atoms with Crippen molar-refractivity contribution >= 4 is 12.7 Å². The van der Waals surface area contributed by atoms with E-state index in [1.165, 1.54) is 16.7 Å². The van der Waals surface area contributed by atoms with E-state index < -0.39 is 0 Å². The summed E-state index contributed by atoms with van der Waals surface area (Å²) in [6.07, 6.45) is 2.24. The van der Waals surface area contributed by atoms with Crippen molar-refractivity contribution in [3.05, 3.63) is 41.4 Å². The first kappa shape index (κ1) is 15.8. The molecule has 0 saturated carbocycles. The van der Waals surface area contributed by atoms with Crippen molar-refractivity contribution in [1.29, 1.82) is 0 Å². The summed E-state index contributed by atoms with van der Waals surface area (Å²) in [4.78, 5) is 0. The molecular weight excluding hydrogens is 271 g/mol. The Balaban J connectivity index is 1.94. The molecule has 1 saturated heterocycles. The van der Waals surface area contributed by atoms with Crippen molar-refractivity contribution in [3.8, 4) is 0 Å². The summed E-state index contributed by atoms with van der Waals surface area (Å²) >= 11 is 0. The van der Waals surface area contributed by atoms with Crippen LogP contribution in [-0.2, 0) is 14.7 Å². The lowest BCUT2D eigenvalue weighted by Gasteiger charge is -2.34. The van der Waals surface area contributed by atoms with E-state index in [2.05, 4.69) is 71.8 Å². The minimum Gasteiger partial charge on any atom is -0.400 e. The smallest absolute Gasteiger partial charge is 0.400 e. The van der Waals surface area contributed by atoms with Gasteiger partial charge in [0.25, 0.3) is 0 Å². The summed E-state index contributed by atoms with van der Waals surface area (Å²) in [6, 6.07) is 8.75. The SMILES string of the molecule is CC1(C)CC/C(=C/B2OC(C)(C)C(C)(C)O2)c2ccccc21. The molecule has 0 bridgehead atoms. The van der Waals surface area contributed by atoms with Gasteiger partial charge >= 0.3 is 7.12 Å².